The lowest BCUT2D eigenvalue weighted by molar-refractivity contribution is 0.493. The molecule has 0 unspecified atom stereocenters. The fourth-order valence-corrected chi connectivity index (χ4v) is 3.16. The molecule has 1 heterocycles. The van der Waals surface area contributed by atoms with Crippen molar-refractivity contribution >= 4 is 17.3 Å². The Kier molecular flexibility index (Phi) is 5.32. The number of benzene rings is 3. The highest BCUT2D eigenvalue weighted by Crippen LogP contribution is 2.30. The Balaban J connectivity index is 1.72. The molecular formula is C23H19ClFN3O. The Morgan fingerprint density at radius 2 is 1.72 bits per heavy atom. The number of aromatic nitrogens is 2. The van der Waals surface area contributed by atoms with Crippen molar-refractivity contribution in [2.24, 2.45) is 0 Å². The van der Waals surface area contributed by atoms with Crippen molar-refractivity contribution in [3.8, 4) is 11.5 Å². The Morgan fingerprint density at radius 3 is 2.45 bits per heavy atom. The van der Waals surface area contributed by atoms with Gasteiger partial charge in [0, 0.05) is 16.3 Å². The van der Waals surface area contributed by atoms with Crippen molar-refractivity contribution in [1.82, 2.24) is 10.2 Å². The molecule has 0 aliphatic heterocycles. The number of rotatable bonds is 5. The summed E-state index contributed by atoms with van der Waals surface area (Å²) < 4.78 is 19.5. The maximum Gasteiger partial charge on any atom is 0.247 e. The Hall–Kier alpha value is -3.18. The van der Waals surface area contributed by atoms with E-state index in [4.69, 9.17) is 16.0 Å². The van der Waals surface area contributed by atoms with Crippen LogP contribution in [0.5, 0.6) is 0 Å². The van der Waals surface area contributed by atoms with Crippen LogP contribution >= 0.6 is 11.6 Å². The van der Waals surface area contributed by atoms with E-state index < -0.39 is 0 Å². The SMILES string of the molecule is Cc1ccc(N[C@H](c2ccc(Cl)cc2)c2nnc(-c3cccc(F)c3)o2)cc1C. The summed E-state index contributed by atoms with van der Waals surface area (Å²) in [6.07, 6.45) is 0. The number of aryl methyl sites for hydroxylation is 2. The Bertz CT molecular complexity index is 1140. The van der Waals surface area contributed by atoms with Crippen molar-refractivity contribution in [2.45, 2.75) is 19.9 Å². The summed E-state index contributed by atoms with van der Waals surface area (Å²) in [6.45, 7) is 4.13. The molecule has 1 atom stereocenters. The van der Waals surface area contributed by atoms with Crippen molar-refractivity contribution < 1.29 is 8.81 Å². The monoisotopic (exact) mass is 407 g/mol. The molecule has 0 spiro atoms. The van der Waals surface area contributed by atoms with Crippen LogP contribution in [0.4, 0.5) is 10.1 Å². The second kappa shape index (κ2) is 8.05. The van der Waals surface area contributed by atoms with Gasteiger partial charge >= 0.3 is 0 Å². The number of anilines is 1. The van der Waals surface area contributed by atoms with Gasteiger partial charge in [0.2, 0.25) is 11.8 Å². The van der Waals surface area contributed by atoms with E-state index in [1.165, 1.54) is 23.3 Å². The van der Waals surface area contributed by atoms with Crippen LogP contribution in [0.15, 0.2) is 71.1 Å². The van der Waals surface area contributed by atoms with Crippen LogP contribution in [0.3, 0.4) is 0 Å². The third-order valence-corrected chi connectivity index (χ3v) is 5.03. The van der Waals surface area contributed by atoms with Crippen LogP contribution in [0, 0.1) is 19.7 Å². The molecule has 4 aromatic rings. The van der Waals surface area contributed by atoms with Crippen molar-refractivity contribution in [3.63, 3.8) is 0 Å². The number of hydrogen-bond acceptors (Lipinski definition) is 4. The lowest BCUT2D eigenvalue weighted by atomic mass is 10.1. The van der Waals surface area contributed by atoms with Crippen LogP contribution in [-0.4, -0.2) is 10.2 Å². The van der Waals surface area contributed by atoms with Gasteiger partial charge in [-0.1, -0.05) is 35.9 Å². The fourth-order valence-electron chi connectivity index (χ4n) is 3.03. The Labute approximate surface area is 173 Å². The molecule has 29 heavy (non-hydrogen) atoms. The van der Waals surface area contributed by atoms with Gasteiger partial charge in [0.25, 0.3) is 0 Å². The van der Waals surface area contributed by atoms with Gasteiger partial charge in [0.05, 0.1) is 0 Å². The van der Waals surface area contributed by atoms with Crippen LogP contribution in [0.2, 0.25) is 5.02 Å². The van der Waals surface area contributed by atoms with Crippen LogP contribution in [0.1, 0.15) is 28.6 Å². The molecule has 1 N–H and O–H groups in total. The molecule has 4 rings (SSSR count). The molecule has 0 radical (unpaired) electrons. The van der Waals surface area contributed by atoms with Crippen molar-refractivity contribution in [2.75, 3.05) is 5.32 Å². The number of halogens is 2. The van der Waals surface area contributed by atoms with Gasteiger partial charge in [0.15, 0.2) is 0 Å². The number of hydrogen-bond donors (Lipinski definition) is 1. The van der Waals surface area contributed by atoms with Crippen LogP contribution in [-0.2, 0) is 0 Å². The third-order valence-electron chi connectivity index (χ3n) is 4.78. The minimum Gasteiger partial charge on any atom is -0.418 e. The summed E-state index contributed by atoms with van der Waals surface area (Å²) in [7, 11) is 0. The highest BCUT2D eigenvalue weighted by Gasteiger charge is 2.22. The Morgan fingerprint density at radius 1 is 0.931 bits per heavy atom. The lowest BCUT2D eigenvalue weighted by Gasteiger charge is -2.18. The van der Waals surface area contributed by atoms with E-state index in [1.54, 1.807) is 12.1 Å². The minimum atomic E-state index is -0.385. The standard InChI is InChI=1S/C23H19ClFN3O/c1-14-6-11-20(12-15(14)2)26-21(16-7-9-18(24)10-8-16)23-28-27-22(29-23)17-4-3-5-19(25)13-17/h3-13,21,26H,1-2H3/t21-/m1/s1. The number of nitrogens with zero attached hydrogens (tertiary/aromatic N) is 2. The van der Waals surface area contributed by atoms with Crippen LogP contribution in [0.25, 0.3) is 11.5 Å². The molecule has 0 amide bonds. The predicted molar refractivity (Wildman–Crippen MR) is 113 cm³/mol. The first kappa shape index (κ1) is 19.2. The van der Waals surface area contributed by atoms with E-state index in [0.29, 0.717) is 16.5 Å². The summed E-state index contributed by atoms with van der Waals surface area (Å²) in [4.78, 5) is 0. The molecule has 0 aliphatic carbocycles. The first-order valence-electron chi connectivity index (χ1n) is 9.18. The largest absolute Gasteiger partial charge is 0.418 e. The molecular weight excluding hydrogens is 389 g/mol. The first-order chi connectivity index (χ1) is 14.0. The molecule has 0 saturated carbocycles. The molecule has 146 valence electrons. The zero-order chi connectivity index (χ0) is 20.4. The number of nitrogens with one attached hydrogen (secondary N) is 1. The fraction of sp³-hybridized carbons (Fsp3) is 0.130. The molecule has 3 aromatic carbocycles. The van der Waals surface area contributed by atoms with Gasteiger partial charge in [-0.3, -0.25) is 0 Å². The predicted octanol–water partition coefficient (Wildman–Crippen LogP) is 6.35. The van der Waals surface area contributed by atoms with Crippen molar-refractivity contribution in [1.29, 1.82) is 0 Å². The van der Waals surface area contributed by atoms with E-state index in [9.17, 15) is 4.39 Å². The van der Waals surface area contributed by atoms with E-state index >= 15 is 0 Å². The van der Waals surface area contributed by atoms with E-state index in [0.717, 1.165) is 11.3 Å². The molecule has 0 aliphatic rings. The molecule has 0 fully saturated rings. The maximum atomic E-state index is 13.6. The van der Waals surface area contributed by atoms with E-state index in [-0.39, 0.29) is 17.7 Å². The van der Waals surface area contributed by atoms with Gasteiger partial charge in [-0.05, 0) is 73.0 Å². The highest BCUT2D eigenvalue weighted by atomic mass is 35.5. The van der Waals surface area contributed by atoms with Crippen molar-refractivity contribution in [3.05, 3.63) is 100 Å². The van der Waals surface area contributed by atoms with Gasteiger partial charge in [-0.25, -0.2) is 4.39 Å². The molecule has 4 nitrogen and oxygen atoms in total. The second-order valence-corrected chi connectivity index (χ2v) is 7.32. The topological polar surface area (TPSA) is 51.0 Å². The van der Waals surface area contributed by atoms with Gasteiger partial charge in [0.1, 0.15) is 11.9 Å². The smallest absolute Gasteiger partial charge is 0.247 e. The molecule has 0 saturated heterocycles. The lowest BCUT2D eigenvalue weighted by Crippen LogP contribution is -2.13. The minimum absolute atomic E-state index is 0.264. The average Bonchev–Trinajstić information content (AvgIpc) is 3.20. The highest BCUT2D eigenvalue weighted by molar-refractivity contribution is 6.30. The third kappa shape index (κ3) is 4.30. The summed E-state index contributed by atoms with van der Waals surface area (Å²) >= 11 is 6.05. The van der Waals surface area contributed by atoms with E-state index in [1.807, 2.05) is 30.3 Å². The van der Waals surface area contributed by atoms with Crippen LogP contribution < -0.4 is 5.32 Å². The quantitative estimate of drug-likeness (QED) is 0.419. The summed E-state index contributed by atoms with van der Waals surface area (Å²) in [5, 5.41) is 12.4. The molecule has 0 bridgehead atoms. The van der Waals surface area contributed by atoms with Gasteiger partial charge < -0.3 is 9.73 Å². The maximum absolute atomic E-state index is 13.6. The van der Waals surface area contributed by atoms with Gasteiger partial charge in [-0.15, -0.1) is 10.2 Å². The normalized spacial score (nSPS) is 12.0. The van der Waals surface area contributed by atoms with Gasteiger partial charge in [-0.2, -0.15) is 0 Å². The molecule has 1 aromatic heterocycles. The zero-order valence-electron chi connectivity index (χ0n) is 16.0. The average molecular weight is 408 g/mol. The summed E-state index contributed by atoms with van der Waals surface area (Å²) in [5.74, 6) is 0.287. The summed E-state index contributed by atoms with van der Waals surface area (Å²) in [6, 6.07) is 19.3. The van der Waals surface area contributed by atoms with E-state index in [2.05, 4.69) is 41.5 Å². The second-order valence-electron chi connectivity index (χ2n) is 6.88. The zero-order valence-corrected chi connectivity index (χ0v) is 16.7. The summed E-state index contributed by atoms with van der Waals surface area (Å²) in [5.41, 5.74) is 4.77. The first-order valence-corrected chi connectivity index (χ1v) is 9.56. The molecule has 6 heteroatoms.